The molecular formula is C21H21BrF3O10-. The van der Waals surface area contributed by atoms with Crippen LogP contribution in [0.1, 0.15) is 32.8 Å². The fourth-order valence-corrected chi connectivity index (χ4v) is 3.81. The summed E-state index contributed by atoms with van der Waals surface area (Å²) in [5.41, 5.74) is -1.20. The number of benzene rings is 1. The molecule has 1 aromatic rings. The van der Waals surface area contributed by atoms with Crippen molar-refractivity contribution in [2.75, 3.05) is 6.61 Å². The first kappa shape index (κ1) is 28.4. The van der Waals surface area contributed by atoms with Gasteiger partial charge >= 0.3 is 24.1 Å². The zero-order valence-corrected chi connectivity index (χ0v) is 20.2. The van der Waals surface area contributed by atoms with E-state index >= 15 is 0 Å². The summed E-state index contributed by atoms with van der Waals surface area (Å²) in [4.78, 5) is 46.3. The molecule has 5 atom stereocenters. The minimum Gasteiger partial charge on any atom is -0.550 e. The Hall–Kier alpha value is -2.87. The number of carbonyl (C=O) groups excluding carboxylic acids is 4. The lowest BCUT2D eigenvalue weighted by molar-refractivity contribution is -0.316. The molecule has 194 valence electrons. The van der Waals surface area contributed by atoms with E-state index in [1.165, 1.54) is 6.07 Å². The molecule has 0 unspecified atom stereocenters. The van der Waals surface area contributed by atoms with Gasteiger partial charge in [-0.2, -0.15) is 13.2 Å². The van der Waals surface area contributed by atoms with Crippen LogP contribution in [-0.2, 0) is 44.3 Å². The maximum Gasteiger partial charge on any atom is 0.420 e. The van der Waals surface area contributed by atoms with E-state index in [4.69, 9.17) is 23.7 Å². The van der Waals surface area contributed by atoms with Gasteiger partial charge in [-0.05, 0) is 24.6 Å². The lowest BCUT2D eigenvalue weighted by Gasteiger charge is -2.45. The Balaban J connectivity index is 2.56. The average Bonchev–Trinajstić information content (AvgIpc) is 2.70. The molecule has 0 aromatic heterocycles. The van der Waals surface area contributed by atoms with Crippen LogP contribution in [0.5, 0.6) is 5.75 Å². The van der Waals surface area contributed by atoms with Gasteiger partial charge in [0.2, 0.25) is 6.29 Å². The summed E-state index contributed by atoms with van der Waals surface area (Å²) in [7, 11) is 0. The highest BCUT2D eigenvalue weighted by Crippen LogP contribution is 2.41. The van der Waals surface area contributed by atoms with E-state index in [1.807, 2.05) is 0 Å². The largest absolute Gasteiger partial charge is 0.550 e. The number of rotatable bonds is 8. The molecule has 10 nitrogen and oxygen atoms in total. The Labute approximate surface area is 205 Å². The van der Waals surface area contributed by atoms with Gasteiger partial charge in [-0.1, -0.05) is 15.9 Å². The Kier molecular flexibility index (Phi) is 9.49. The molecule has 1 saturated heterocycles. The predicted molar refractivity (Wildman–Crippen MR) is 109 cm³/mol. The third kappa shape index (κ3) is 8.09. The number of carbonyl (C=O) groups is 4. The van der Waals surface area contributed by atoms with Gasteiger partial charge in [0.1, 0.15) is 18.5 Å². The van der Waals surface area contributed by atoms with Crippen LogP contribution in [0.25, 0.3) is 0 Å². The van der Waals surface area contributed by atoms with Gasteiger partial charge in [0, 0.05) is 31.2 Å². The number of halogens is 4. The molecule has 1 aromatic carbocycles. The summed E-state index contributed by atoms with van der Waals surface area (Å²) in [5, 5.41) is 11.5. The molecule has 35 heavy (non-hydrogen) atoms. The fourth-order valence-electron chi connectivity index (χ4n) is 3.45. The number of carboxylic acid groups (broad SMARTS) is 1. The summed E-state index contributed by atoms with van der Waals surface area (Å²) >= 11 is 2.94. The molecule has 0 radical (unpaired) electrons. The molecule has 0 saturated carbocycles. The van der Waals surface area contributed by atoms with Crippen LogP contribution in [0.4, 0.5) is 13.2 Å². The number of hydrogen-bond acceptors (Lipinski definition) is 10. The standard InChI is InChI=1S/C21H22BrF3O10/c1-9(26)31-8-16-19(33-11(3)28)18(32-10(2)27)13(7-17(29)30)20(35-16)34-15-5-4-12(22)6-14(15)21(23,24)25/h4-6,13,16,18-20H,7-8H2,1-3H3,(H,29,30)/p-1/t13-,16+,18-,19-,20-/m0/s1. The van der Waals surface area contributed by atoms with Crippen LogP contribution in [0.15, 0.2) is 22.7 Å². The molecule has 0 N–H and O–H groups in total. The van der Waals surface area contributed by atoms with Gasteiger partial charge in [0.25, 0.3) is 0 Å². The molecule has 0 spiro atoms. The SMILES string of the molecule is CC(=O)OC[C@H]1O[C@H](Oc2ccc(Br)cc2C(F)(F)F)[C@@H](CC(=O)[O-])[C@H](OC(C)=O)[C@H]1OC(C)=O. The molecule has 1 aliphatic rings. The van der Waals surface area contributed by atoms with E-state index in [0.29, 0.717) is 0 Å². The Morgan fingerprint density at radius 2 is 1.63 bits per heavy atom. The monoisotopic (exact) mass is 569 g/mol. The number of alkyl halides is 3. The van der Waals surface area contributed by atoms with E-state index in [0.717, 1.165) is 32.9 Å². The Morgan fingerprint density at radius 3 is 2.14 bits per heavy atom. The van der Waals surface area contributed by atoms with Gasteiger partial charge < -0.3 is 33.6 Å². The van der Waals surface area contributed by atoms with Crippen LogP contribution in [-0.4, -0.2) is 55.1 Å². The quantitative estimate of drug-likeness (QED) is 0.336. The molecule has 1 fully saturated rings. The van der Waals surface area contributed by atoms with Crippen LogP contribution in [0, 0.1) is 5.92 Å². The molecule has 14 heteroatoms. The van der Waals surface area contributed by atoms with E-state index in [1.54, 1.807) is 0 Å². The van der Waals surface area contributed by atoms with Crippen molar-refractivity contribution in [3.8, 4) is 5.75 Å². The summed E-state index contributed by atoms with van der Waals surface area (Å²) < 4.78 is 67.2. The van der Waals surface area contributed by atoms with E-state index in [9.17, 15) is 37.5 Å². The van der Waals surface area contributed by atoms with Crippen LogP contribution < -0.4 is 9.84 Å². The van der Waals surface area contributed by atoms with Gasteiger partial charge in [0.05, 0.1) is 11.5 Å². The number of carboxylic acids is 1. The van der Waals surface area contributed by atoms with Crippen LogP contribution in [0.2, 0.25) is 0 Å². The van der Waals surface area contributed by atoms with Crippen molar-refractivity contribution in [2.24, 2.45) is 5.92 Å². The zero-order chi connectivity index (χ0) is 26.5. The third-order valence-electron chi connectivity index (χ3n) is 4.72. The normalized spacial score (nSPS) is 24.3. The Bertz CT molecular complexity index is 967. The number of esters is 3. The number of ether oxygens (including phenoxy) is 5. The van der Waals surface area contributed by atoms with E-state index < -0.39 is 84.9 Å². The van der Waals surface area contributed by atoms with Crippen molar-refractivity contribution in [2.45, 2.75) is 58.0 Å². The summed E-state index contributed by atoms with van der Waals surface area (Å²) in [6.07, 6.45) is -12.0. The second kappa shape index (κ2) is 11.7. The highest BCUT2D eigenvalue weighted by molar-refractivity contribution is 9.10. The average molecular weight is 570 g/mol. The fraction of sp³-hybridized carbons (Fsp3) is 0.524. The minimum absolute atomic E-state index is 0.0912. The first-order valence-electron chi connectivity index (χ1n) is 10.1. The molecule has 2 rings (SSSR count). The smallest absolute Gasteiger partial charge is 0.420 e. The number of hydrogen-bond donors (Lipinski definition) is 0. The van der Waals surface area contributed by atoms with Crippen molar-refractivity contribution in [3.63, 3.8) is 0 Å². The first-order valence-corrected chi connectivity index (χ1v) is 10.8. The van der Waals surface area contributed by atoms with Crippen LogP contribution in [0.3, 0.4) is 0 Å². The predicted octanol–water partition coefficient (Wildman–Crippen LogP) is 1.75. The maximum atomic E-state index is 13.6. The molecule has 1 aliphatic heterocycles. The molecule has 0 aliphatic carbocycles. The van der Waals surface area contributed by atoms with Crippen molar-refractivity contribution in [3.05, 3.63) is 28.2 Å². The highest BCUT2D eigenvalue weighted by Gasteiger charge is 2.51. The first-order chi connectivity index (χ1) is 16.2. The van der Waals surface area contributed by atoms with Crippen LogP contribution >= 0.6 is 15.9 Å². The lowest BCUT2D eigenvalue weighted by Crippen LogP contribution is -2.60. The van der Waals surface area contributed by atoms with Crippen molar-refractivity contribution in [1.29, 1.82) is 0 Å². The molecular weight excluding hydrogens is 549 g/mol. The van der Waals surface area contributed by atoms with E-state index in [-0.39, 0.29) is 4.47 Å². The molecule has 0 amide bonds. The lowest BCUT2D eigenvalue weighted by atomic mass is 9.87. The zero-order valence-electron chi connectivity index (χ0n) is 18.6. The van der Waals surface area contributed by atoms with Crippen molar-refractivity contribution in [1.82, 2.24) is 0 Å². The highest BCUT2D eigenvalue weighted by atomic mass is 79.9. The third-order valence-corrected chi connectivity index (χ3v) is 5.21. The maximum absolute atomic E-state index is 13.6. The number of aliphatic carboxylic acids is 1. The van der Waals surface area contributed by atoms with E-state index in [2.05, 4.69) is 15.9 Å². The van der Waals surface area contributed by atoms with Gasteiger partial charge in [-0.3, -0.25) is 14.4 Å². The summed E-state index contributed by atoms with van der Waals surface area (Å²) in [5.74, 6) is -6.42. The van der Waals surface area contributed by atoms with Gasteiger partial charge in [0.15, 0.2) is 12.2 Å². The second-order valence-corrected chi connectivity index (χ2v) is 8.41. The molecule has 0 bridgehead atoms. The second-order valence-electron chi connectivity index (χ2n) is 7.49. The summed E-state index contributed by atoms with van der Waals surface area (Å²) in [6, 6.07) is 2.97. The topological polar surface area (TPSA) is 137 Å². The van der Waals surface area contributed by atoms with Gasteiger partial charge in [-0.15, -0.1) is 0 Å². The van der Waals surface area contributed by atoms with Crippen molar-refractivity contribution < 1.29 is 61.1 Å². The minimum atomic E-state index is -4.86. The summed E-state index contributed by atoms with van der Waals surface area (Å²) in [6.45, 7) is 2.50. The van der Waals surface area contributed by atoms with Crippen molar-refractivity contribution >= 4 is 39.8 Å². The van der Waals surface area contributed by atoms with Gasteiger partial charge in [-0.25, -0.2) is 0 Å². The molecule has 1 heterocycles. The Morgan fingerprint density at radius 1 is 1.03 bits per heavy atom.